The summed E-state index contributed by atoms with van der Waals surface area (Å²) >= 11 is 1.49. The van der Waals surface area contributed by atoms with Gasteiger partial charge < -0.3 is 25.2 Å². The summed E-state index contributed by atoms with van der Waals surface area (Å²) < 4.78 is 5.44. The number of hydrogen-bond acceptors (Lipinski definition) is 7. The molecule has 7 rings (SSSR count). The molecule has 2 aromatic heterocycles. The van der Waals surface area contributed by atoms with Crippen molar-refractivity contribution < 1.29 is 19.1 Å². The number of thiophene rings is 1. The van der Waals surface area contributed by atoms with Crippen LogP contribution in [0.25, 0.3) is 10.4 Å². The number of nitrogens with one attached hydrogen (secondary N) is 2. The molecule has 2 fully saturated rings. The maximum atomic E-state index is 13.8. The number of anilines is 3. The van der Waals surface area contributed by atoms with Gasteiger partial charge in [0.15, 0.2) is 0 Å². The standard InChI is InChI=1S/C33H31N5O4S/c39-31(26-5-3-14-34-30(26)37-16-18-42-19-17-37)35-23-9-7-21(8-10-23)33(41)38-15-13-22-20-28(32(40)36-24-11-12-24)43-29(22)25-4-1-2-6-27(25)38/h1-10,14,20,24H,11-13,15-19H2,(H,35,39)(H,36,40). The molecule has 0 unspecified atom stereocenters. The zero-order valence-corrected chi connectivity index (χ0v) is 24.4. The molecule has 2 aliphatic heterocycles. The van der Waals surface area contributed by atoms with Crippen LogP contribution in [0.3, 0.4) is 0 Å². The molecule has 1 saturated heterocycles. The first-order valence-corrected chi connectivity index (χ1v) is 15.4. The van der Waals surface area contributed by atoms with Crippen molar-refractivity contribution >= 4 is 46.3 Å². The second kappa shape index (κ2) is 11.6. The summed E-state index contributed by atoms with van der Waals surface area (Å²) in [6, 6.07) is 20.7. The number of morpholine rings is 1. The van der Waals surface area contributed by atoms with E-state index < -0.39 is 0 Å². The highest BCUT2D eigenvalue weighted by Crippen LogP contribution is 2.42. The van der Waals surface area contributed by atoms with Crippen molar-refractivity contribution in [3.8, 4) is 10.4 Å². The van der Waals surface area contributed by atoms with Crippen LogP contribution in [0.1, 0.15) is 48.8 Å². The molecule has 0 bridgehead atoms. The van der Waals surface area contributed by atoms with Crippen LogP contribution < -0.4 is 20.4 Å². The third-order valence-electron chi connectivity index (χ3n) is 7.97. The molecule has 43 heavy (non-hydrogen) atoms. The number of ether oxygens (including phenoxy) is 1. The van der Waals surface area contributed by atoms with Gasteiger partial charge in [-0.15, -0.1) is 11.3 Å². The number of nitrogens with zero attached hydrogens (tertiary/aromatic N) is 3. The third kappa shape index (κ3) is 5.63. The first-order chi connectivity index (χ1) is 21.0. The van der Waals surface area contributed by atoms with Gasteiger partial charge >= 0.3 is 0 Å². The first kappa shape index (κ1) is 27.3. The number of para-hydroxylation sites is 1. The Morgan fingerprint density at radius 3 is 2.49 bits per heavy atom. The quantitative estimate of drug-likeness (QED) is 0.326. The lowest BCUT2D eigenvalue weighted by Crippen LogP contribution is -2.38. The SMILES string of the molecule is O=C(NC1CC1)c1cc2c(s1)-c1ccccc1N(C(=O)c1ccc(NC(=O)c3cccnc3N3CCOCC3)cc1)CC2. The Bertz CT molecular complexity index is 1690. The smallest absolute Gasteiger partial charge is 0.261 e. The highest BCUT2D eigenvalue weighted by molar-refractivity contribution is 7.17. The lowest BCUT2D eigenvalue weighted by molar-refractivity contribution is 0.0952. The summed E-state index contributed by atoms with van der Waals surface area (Å²) in [4.78, 5) is 49.8. The van der Waals surface area contributed by atoms with Crippen molar-refractivity contribution in [2.75, 3.05) is 48.0 Å². The number of pyridine rings is 1. The number of fused-ring (bicyclic) bond motifs is 3. The average Bonchev–Trinajstić information content (AvgIpc) is 3.79. The second-order valence-electron chi connectivity index (χ2n) is 10.9. The van der Waals surface area contributed by atoms with Crippen LogP contribution in [0.2, 0.25) is 0 Å². The van der Waals surface area contributed by atoms with Crippen LogP contribution in [0.15, 0.2) is 72.9 Å². The number of amides is 3. The predicted octanol–water partition coefficient (Wildman–Crippen LogP) is 4.99. The molecule has 9 nitrogen and oxygen atoms in total. The van der Waals surface area contributed by atoms with Crippen LogP contribution >= 0.6 is 11.3 Å². The normalized spacial score (nSPS) is 16.1. The second-order valence-corrected chi connectivity index (χ2v) is 12.0. The van der Waals surface area contributed by atoms with Gasteiger partial charge in [0.1, 0.15) is 5.82 Å². The topological polar surface area (TPSA) is 104 Å². The van der Waals surface area contributed by atoms with E-state index in [4.69, 9.17) is 4.74 Å². The molecule has 3 amide bonds. The van der Waals surface area contributed by atoms with Crippen molar-refractivity contribution in [1.29, 1.82) is 0 Å². The highest BCUT2D eigenvalue weighted by atomic mass is 32.1. The van der Waals surface area contributed by atoms with Gasteiger partial charge in [-0.2, -0.15) is 0 Å². The minimum atomic E-state index is -0.258. The Morgan fingerprint density at radius 2 is 1.70 bits per heavy atom. The number of carbonyl (C=O) groups excluding carboxylic acids is 3. The van der Waals surface area contributed by atoms with Crippen molar-refractivity contribution in [3.05, 3.63) is 94.5 Å². The average molecular weight is 594 g/mol. The first-order valence-electron chi connectivity index (χ1n) is 14.6. The molecule has 3 aliphatic rings. The summed E-state index contributed by atoms with van der Waals surface area (Å²) in [7, 11) is 0. The predicted molar refractivity (Wildman–Crippen MR) is 167 cm³/mol. The van der Waals surface area contributed by atoms with Gasteiger partial charge in [-0.05, 0) is 73.4 Å². The molecule has 0 spiro atoms. The fourth-order valence-corrected chi connectivity index (χ4v) is 6.70. The third-order valence-corrected chi connectivity index (χ3v) is 9.18. The lowest BCUT2D eigenvalue weighted by Gasteiger charge is -2.29. The number of aromatic nitrogens is 1. The van der Waals surface area contributed by atoms with E-state index in [0.29, 0.717) is 72.8 Å². The Labute approximate surface area is 253 Å². The van der Waals surface area contributed by atoms with E-state index in [1.807, 2.05) is 35.2 Å². The molecular formula is C33H31N5O4S. The highest BCUT2D eigenvalue weighted by Gasteiger charge is 2.29. The van der Waals surface area contributed by atoms with Crippen LogP contribution in [-0.2, 0) is 11.2 Å². The van der Waals surface area contributed by atoms with Crippen LogP contribution in [0, 0.1) is 0 Å². The summed E-state index contributed by atoms with van der Waals surface area (Å²) in [5.74, 6) is 0.249. The molecule has 10 heteroatoms. The van der Waals surface area contributed by atoms with Crippen molar-refractivity contribution in [3.63, 3.8) is 0 Å². The molecule has 2 aromatic carbocycles. The largest absolute Gasteiger partial charge is 0.378 e. The van der Waals surface area contributed by atoms with Crippen LogP contribution in [-0.4, -0.2) is 61.6 Å². The van der Waals surface area contributed by atoms with Gasteiger partial charge in [0.05, 0.1) is 29.3 Å². The summed E-state index contributed by atoms with van der Waals surface area (Å²) in [5.41, 5.74) is 4.47. The van der Waals surface area contributed by atoms with Crippen LogP contribution in [0.4, 0.5) is 17.2 Å². The van der Waals surface area contributed by atoms with Gasteiger partial charge in [0.25, 0.3) is 17.7 Å². The minimum absolute atomic E-state index is 0.0148. The molecule has 1 saturated carbocycles. The van der Waals surface area contributed by atoms with E-state index in [1.54, 1.807) is 42.6 Å². The summed E-state index contributed by atoms with van der Waals surface area (Å²) in [6.07, 6.45) is 4.43. The Morgan fingerprint density at radius 1 is 0.907 bits per heavy atom. The maximum absolute atomic E-state index is 13.8. The fourth-order valence-electron chi connectivity index (χ4n) is 5.55. The van der Waals surface area contributed by atoms with E-state index in [-0.39, 0.29) is 17.7 Å². The van der Waals surface area contributed by atoms with Crippen LogP contribution in [0.5, 0.6) is 0 Å². The van der Waals surface area contributed by atoms with Gasteiger partial charge in [0.2, 0.25) is 0 Å². The Hall–Kier alpha value is -4.54. The van der Waals surface area contributed by atoms with E-state index in [9.17, 15) is 14.4 Å². The maximum Gasteiger partial charge on any atom is 0.261 e. The summed E-state index contributed by atoms with van der Waals surface area (Å²) in [6.45, 7) is 3.05. The molecule has 218 valence electrons. The molecule has 0 radical (unpaired) electrons. The fraction of sp³-hybridized carbons (Fsp3) is 0.273. The number of benzene rings is 2. The van der Waals surface area contributed by atoms with Gasteiger partial charge in [-0.1, -0.05) is 18.2 Å². The zero-order valence-electron chi connectivity index (χ0n) is 23.5. The number of carbonyl (C=O) groups is 3. The van der Waals surface area contributed by atoms with Crippen molar-refractivity contribution in [2.45, 2.75) is 25.3 Å². The summed E-state index contributed by atoms with van der Waals surface area (Å²) in [5, 5.41) is 6.04. The molecule has 2 N–H and O–H groups in total. The molecule has 1 aliphatic carbocycles. The molecule has 4 aromatic rings. The Balaban J connectivity index is 1.08. The molecular weight excluding hydrogens is 562 g/mol. The van der Waals surface area contributed by atoms with Crippen molar-refractivity contribution in [1.82, 2.24) is 10.3 Å². The minimum Gasteiger partial charge on any atom is -0.378 e. The van der Waals surface area contributed by atoms with E-state index in [2.05, 4.69) is 20.5 Å². The van der Waals surface area contributed by atoms with Gasteiger partial charge in [-0.3, -0.25) is 14.4 Å². The Kier molecular flexibility index (Phi) is 7.38. The monoisotopic (exact) mass is 593 g/mol. The van der Waals surface area contributed by atoms with Gasteiger partial charge in [-0.25, -0.2) is 4.98 Å². The molecule has 0 atom stereocenters. The van der Waals surface area contributed by atoms with E-state index in [1.165, 1.54) is 11.3 Å². The van der Waals surface area contributed by atoms with Gasteiger partial charge in [0, 0.05) is 53.6 Å². The number of rotatable bonds is 6. The lowest BCUT2D eigenvalue weighted by atomic mass is 10.1. The van der Waals surface area contributed by atoms with E-state index >= 15 is 0 Å². The van der Waals surface area contributed by atoms with E-state index in [0.717, 1.165) is 34.5 Å². The zero-order chi connectivity index (χ0) is 29.3. The number of hydrogen-bond donors (Lipinski definition) is 2. The molecule has 4 heterocycles. The van der Waals surface area contributed by atoms with Crippen molar-refractivity contribution in [2.24, 2.45) is 0 Å².